The van der Waals surface area contributed by atoms with Crippen LogP contribution in [0.5, 0.6) is 0 Å². The van der Waals surface area contributed by atoms with Crippen LogP contribution in [-0.2, 0) is 0 Å². The number of aliphatic hydroxyl groups excluding tert-OH is 2. The van der Waals surface area contributed by atoms with Crippen LogP contribution in [0.25, 0.3) is 0 Å². The molecule has 1 heterocycles. The second-order valence-electron chi connectivity index (χ2n) is 3.65. The van der Waals surface area contributed by atoms with E-state index in [4.69, 9.17) is 0 Å². The van der Waals surface area contributed by atoms with Crippen molar-refractivity contribution in [3.05, 3.63) is 29.1 Å². The molecule has 0 spiro atoms. The summed E-state index contributed by atoms with van der Waals surface area (Å²) in [4.78, 5) is 4.25. The second-order valence-corrected chi connectivity index (χ2v) is 4.10. The number of pyridine rings is 1. The first-order chi connectivity index (χ1) is 7.06. The lowest BCUT2D eigenvalue weighted by atomic mass is 10.0. The first-order valence-electron chi connectivity index (χ1n) is 4.97. The quantitative estimate of drug-likeness (QED) is 0.682. The molecule has 0 bridgehead atoms. The lowest BCUT2D eigenvalue weighted by molar-refractivity contribution is 0.0166. The van der Waals surface area contributed by atoms with Crippen LogP contribution < -0.4 is 0 Å². The second kappa shape index (κ2) is 5.49. The van der Waals surface area contributed by atoms with Gasteiger partial charge in [-0.05, 0) is 32.1 Å². The van der Waals surface area contributed by atoms with Gasteiger partial charge in [-0.3, -0.25) is 4.98 Å². The Morgan fingerprint density at radius 2 is 2.00 bits per heavy atom. The zero-order chi connectivity index (χ0) is 11.4. The summed E-state index contributed by atoms with van der Waals surface area (Å²) in [6.07, 6.45) is -1.17. The van der Waals surface area contributed by atoms with E-state index in [1.54, 1.807) is 0 Å². The zero-order valence-electron chi connectivity index (χ0n) is 9.01. The van der Waals surface area contributed by atoms with Crippen molar-refractivity contribution < 1.29 is 10.2 Å². The number of thiol groups is 1. The smallest absolute Gasteiger partial charge is 0.107 e. The van der Waals surface area contributed by atoms with Crippen LogP contribution >= 0.6 is 12.6 Å². The molecule has 1 aromatic heterocycles. The Morgan fingerprint density at radius 3 is 2.53 bits per heavy atom. The molecule has 2 unspecified atom stereocenters. The summed E-state index contributed by atoms with van der Waals surface area (Å²) >= 11 is 4.02. The minimum absolute atomic E-state index is 0.470. The van der Waals surface area contributed by atoms with Gasteiger partial charge in [-0.1, -0.05) is 6.07 Å². The van der Waals surface area contributed by atoms with Crippen molar-refractivity contribution in [3.8, 4) is 0 Å². The Labute approximate surface area is 95.6 Å². The van der Waals surface area contributed by atoms with Crippen LogP contribution in [-0.4, -0.2) is 27.1 Å². The fourth-order valence-electron chi connectivity index (χ4n) is 1.51. The van der Waals surface area contributed by atoms with Crippen molar-refractivity contribution in [1.29, 1.82) is 0 Å². The molecule has 0 aromatic carbocycles. The van der Waals surface area contributed by atoms with Gasteiger partial charge in [0.1, 0.15) is 6.10 Å². The van der Waals surface area contributed by atoms with Gasteiger partial charge in [0.15, 0.2) is 0 Å². The molecule has 0 aliphatic carbocycles. The molecule has 0 aliphatic rings. The predicted molar refractivity (Wildman–Crippen MR) is 63.1 cm³/mol. The Hall–Kier alpha value is -0.580. The molecule has 15 heavy (non-hydrogen) atoms. The third-order valence-electron chi connectivity index (χ3n) is 2.37. The van der Waals surface area contributed by atoms with Gasteiger partial charge in [0.05, 0.1) is 6.10 Å². The molecule has 0 fully saturated rings. The summed E-state index contributed by atoms with van der Waals surface area (Å²) in [5.41, 5.74) is 2.36. The molecule has 2 atom stereocenters. The number of aryl methyl sites for hydroxylation is 2. The van der Waals surface area contributed by atoms with Crippen LogP contribution in [0.4, 0.5) is 0 Å². The molecule has 0 saturated carbocycles. The molecule has 84 valence electrons. The number of nitrogens with zero attached hydrogens (tertiary/aromatic N) is 1. The van der Waals surface area contributed by atoms with Crippen LogP contribution in [0, 0.1) is 13.8 Å². The van der Waals surface area contributed by atoms with Gasteiger partial charge in [-0.2, -0.15) is 12.6 Å². The monoisotopic (exact) mass is 227 g/mol. The number of hydrogen-bond donors (Lipinski definition) is 3. The molecule has 3 nitrogen and oxygen atoms in total. The van der Waals surface area contributed by atoms with Crippen molar-refractivity contribution in [2.75, 3.05) is 5.75 Å². The van der Waals surface area contributed by atoms with E-state index in [9.17, 15) is 10.2 Å². The van der Waals surface area contributed by atoms with Gasteiger partial charge in [-0.25, -0.2) is 0 Å². The molecule has 2 N–H and O–H groups in total. The van der Waals surface area contributed by atoms with Crippen LogP contribution in [0.2, 0.25) is 0 Å². The summed E-state index contributed by atoms with van der Waals surface area (Å²) < 4.78 is 0. The van der Waals surface area contributed by atoms with Crippen molar-refractivity contribution in [2.45, 2.75) is 32.5 Å². The highest BCUT2D eigenvalue weighted by Crippen LogP contribution is 2.21. The fourth-order valence-corrected chi connectivity index (χ4v) is 1.77. The Morgan fingerprint density at radius 1 is 1.33 bits per heavy atom. The third-order valence-corrected chi connectivity index (χ3v) is 2.63. The normalized spacial score (nSPS) is 15.0. The maximum atomic E-state index is 9.87. The zero-order valence-corrected chi connectivity index (χ0v) is 9.91. The summed E-state index contributed by atoms with van der Waals surface area (Å²) in [6, 6.07) is 3.64. The molecule has 0 saturated heterocycles. The van der Waals surface area contributed by atoms with Gasteiger partial charge >= 0.3 is 0 Å². The van der Waals surface area contributed by atoms with E-state index in [0.717, 1.165) is 11.4 Å². The molecule has 4 heteroatoms. The van der Waals surface area contributed by atoms with E-state index in [-0.39, 0.29) is 0 Å². The maximum Gasteiger partial charge on any atom is 0.107 e. The lowest BCUT2D eigenvalue weighted by Crippen LogP contribution is -2.20. The van der Waals surface area contributed by atoms with Crippen LogP contribution in [0.15, 0.2) is 12.1 Å². The summed E-state index contributed by atoms with van der Waals surface area (Å²) in [7, 11) is 0. The Bertz CT molecular complexity index is 330. The summed E-state index contributed by atoms with van der Waals surface area (Å²) in [5.74, 6) is 0.552. The highest BCUT2D eigenvalue weighted by molar-refractivity contribution is 7.80. The van der Waals surface area contributed by atoms with E-state index >= 15 is 0 Å². The molecular formula is C11H17NO2S. The van der Waals surface area contributed by atoms with Gasteiger partial charge in [0.2, 0.25) is 0 Å². The lowest BCUT2D eigenvalue weighted by Gasteiger charge is -2.18. The van der Waals surface area contributed by atoms with Crippen LogP contribution in [0.3, 0.4) is 0 Å². The standard InChI is InChI=1S/C11H17NO2S/c1-7-3-4-9(8(2)12-7)11(14)10(13)5-6-15/h3-4,10-11,13-15H,5-6H2,1-2H3. The van der Waals surface area contributed by atoms with Crippen LogP contribution in [0.1, 0.15) is 29.5 Å². The van der Waals surface area contributed by atoms with Crippen molar-refractivity contribution in [3.63, 3.8) is 0 Å². The van der Waals surface area contributed by atoms with E-state index in [0.29, 0.717) is 17.7 Å². The van der Waals surface area contributed by atoms with E-state index in [2.05, 4.69) is 17.6 Å². The van der Waals surface area contributed by atoms with Crippen molar-refractivity contribution in [1.82, 2.24) is 4.98 Å². The van der Waals surface area contributed by atoms with Gasteiger partial charge in [-0.15, -0.1) is 0 Å². The minimum Gasteiger partial charge on any atom is -0.390 e. The summed E-state index contributed by atoms with van der Waals surface area (Å²) in [6.45, 7) is 3.73. The van der Waals surface area contributed by atoms with Gasteiger partial charge < -0.3 is 10.2 Å². The SMILES string of the molecule is Cc1ccc(C(O)C(O)CCS)c(C)n1. The van der Waals surface area contributed by atoms with Crippen molar-refractivity contribution >= 4 is 12.6 Å². The minimum atomic E-state index is -0.870. The predicted octanol–water partition coefficient (Wildman–Crippen LogP) is 1.41. The summed E-state index contributed by atoms with van der Waals surface area (Å²) in [5, 5.41) is 19.5. The molecular weight excluding hydrogens is 210 g/mol. The number of aliphatic hydroxyl groups is 2. The molecule has 1 rings (SSSR count). The Balaban J connectivity index is 2.86. The first kappa shape index (κ1) is 12.5. The molecule has 0 aliphatic heterocycles. The average Bonchev–Trinajstić information content (AvgIpc) is 2.17. The van der Waals surface area contributed by atoms with E-state index < -0.39 is 12.2 Å². The average molecular weight is 227 g/mol. The highest BCUT2D eigenvalue weighted by atomic mass is 32.1. The molecule has 0 radical (unpaired) electrons. The van der Waals surface area contributed by atoms with Gasteiger partial charge in [0.25, 0.3) is 0 Å². The first-order valence-corrected chi connectivity index (χ1v) is 5.60. The van der Waals surface area contributed by atoms with Gasteiger partial charge in [0, 0.05) is 17.0 Å². The number of rotatable bonds is 4. The van der Waals surface area contributed by atoms with E-state index in [1.807, 2.05) is 26.0 Å². The molecule has 1 aromatic rings. The largest absolute Gasteiger partial charge is 0.390 e. The Kier molecular flexibility index (Phi) is 4.57. The topological polar surface area (TPSA) is 53.4 Å². The fraction of sp³-hybridized carbons (Fsp3) is 0.545. The number of aromatic nitrogens is 1. The number of hydrogen-bond acceptors (Lipinski definition) is 4. The third kappa shape index (κ3) is 3.19. The molecule has 0 amide bonds. The maximum absolute atomic E-state index is 9.87. The van der Waals surface area contributed by atoms with Crippen molar-refractivity contribution in [2.24, 2.45) is 0 Å². The van der Waals surface area contributed by atoms with E-state index in [1.165, 1.54) is 0 Å². The highest BCUT2D eigenvalue weighted by Gasteiger charge is 2.19.